The van der Waals surface area contributed by atoms with E-state index in [1.165, 1.54) is 0 Å². The Morgan fingerprint density at radius 3 is 3.00 bits per heavy atom. The number of terminal acetylenes is 1. The van der Waals surface area contributed by atoms with E-state index in [0.717, 1.165) is 5.75 Å². The molecule has 0 unspecified atom stereocenters. The summed E-state index contributed by atoms with van der Waals surface area (Å²) in [6.07, 6.45) is 7.44. The largest absolute Gasteiger partial charge is 0.376 e. The molecule has 0 aliphatic rings. The van der Waals surface area contributed by atoms with Gasteiger partial charge in [-0.3, -0.25) is 0 Å². The Labute approximate surface area is 81.0 Å². The molecule has 12 heavy (non-hydrogen) atoms. The van der Waals surface area contributed by atoms with Gasteiger partial charge >= 0.3 is 5.97 Å². The molecule has 3 nitrogen and oxygen atoms in total. The molecule has 0 spiro atoms. The van der Waals surface area contributed by atoms with Crippen molar-refractivity contribution in [1.82, 2.24) is 0 Å². The van der Waals surface area contributed by atoms with Crippen molar-refractivity contribution >= 4 is 29.8 Å². The summed E-state index contributed by atoms with van der Waals surface area (Å²) in [5.74, 6) is 0.392. The summed E-state index contributed by atoms with van der Waals surface area (Å²) < 4.78 is 4.56. The number of nitrogens with two attached hydrogens (primary N) is 1. The van der Waals surface area contributed by atoms with Crippen LogP contribution in [0.25, 0.3) is 0 Å². The Morgan fingerprint density at radius 2 is 2.50 bits per heavy atom. The normalized spacial score (nSPS) is 11.8. The second kappa shape index (κ2) is 7.35. The molecule has 68 valence electrons. The van der Waals surface area contributed by atoms with Crippen LogP contribution in [0.5, 0.6) is 0 Å². The fourth-order valence-corrected chi connectivity index (χ4v) is 1.23. The van der Waals surface area contributed by atoms with Crippen molar-refractivity contribution in [2.45, 2.75) is 12.5 Å². The third-order valence-corrected chi connectivity index (χ3v) is 2.10. The van der Waals surface area contributed by atoms with Crippen LogP contribution in [0.1, 0.15) is 6.42 Å². The summed E-state index contributed by atoms with van der Waals surface area (Å²) in [5.41, 5.74) is 5.47. The van der Waals surface area contributed by atoms with E-state index in [4.69, 9.17) is 12.2 Å². The van der Waals surface area contributed by atoms with Crippen LogP contribution < -0.4 is 5.73 Å². The van der Waals surface area contributed by atoms with Gasteiger partial charge in [0.25, 0.3) is 0 Å². The van der Waals surface area contributed by atoms with Crippen molar-refractivity contribution in [2.75, 3.05) is 12.0 Å². The van der Waals surface area contributed by atoms with Gasteiger partial charge in [-0.15, -0.1) is 6.42 Å². The highest BCUT2D eigenvalue weighted by Gasteiger charge is 2.14. The predicted molar refractivity (Wildman–Crippen MR) is 53.5 cm³/mol. The van der Waals surface area contributed by atoms with E-state index >= 15 is 0 Å². The van der Waals surface area contributed by atoms with Gasteiger partial charge in [-0.2, -0.15) is 11.8 Å². The highest BCUT2D eigenvalue weighted by Crippen LogP contribution is 2.05. The molecule has 0 saturated heterocycles. The zero-order valence-corrected chi connectivity index (χ0v) is 8.41. The maximum absolute atomic E-state index is 10.9. The molecular weight excluding hydrogens is 194 g/mol. The summed E-state index contributed by atoms with van der Waals surface area (Å²) in [5, 5.41) is 2.12. The zero-order chi connectivity index (χ0) is 9.40. The molecule has 0 aromatic carbocycles. The van der Waals surface area contributed by atoms with Crippen molar-refractivity contribution in [3.63, 3.8) is 0 Å². The minimum Gasteiger partial charge on any atom is -0.376 e. The van der Waals surface area contributed by atoms with Gasteiger partial charge in [0.1, 0.15) is 18.1 Å². The highest BCUT2D eigenvalue weighted by molar-refractivity contribution is 7.99. The Balaban J connectivity index is 3.55. The molecule has 1 atom stereocenters. The molecule has 0 saturated carbocycles. The van der Waals surface area contributed by atoms with E-state index in [1.54, 1.807) is 11.8 Å². The van der Waals surface area contributed by atoms with Gasteiger partial charge in [-0.05, 0) is 18.4 Å². The maximum Gasteiger partial charge on any atom is 0.335 e. The van der Waals surface area contributed by atoms with E-state index in [-0.39, 0.29) is 0 Å². The molecule has 0 rings (SSSR count). The van der Waals surface area contributed by atoms with E-state index < -0.39 is 12.0 Å². The molecule has 2 N–H and O–H groups in total. The number of hydrogen-bond donors (Lipinski definition) is 1. The van der Waals surface area contributed by atoms with Crippen LogP contribution in [-0.2, 0) is 8.98 Å². The molecule has 0 aromatic rings. The maximum atomic E-state index is 10.9. The lowest BCUT2D eigenvalue weighted by molar-refractivity contribution is -0.134. The van der Waals surface area contributed by atoms with Crippen molar-refractivity contribution in [1.29, 1.82) is 0 Å². The lowest BCUT2D eigenvalue weighted by atomic mass is 10.2. The molecule has 0 aliphatic heterocycles. The molecule has 0 aliphatic carbocycles. The monoisotopic (exact) mass is 205 g/mol. The Morgan fingerprint density at radius 1 is 1.83 bits per heavy atom. The Kier molecular flexibility index (Phi) is 7.16. The first-order valence-corrected chi connectivity index (χ1v) is 5.43. The number of thioether (sulfide) groups is 1. The molecule has 5 heteroatoms. The summed E-state index contributed by atoms with van der Waals surface area (Å²) in [6.45, 7) is 0. The first kappa shape index (κ1) is 11.7. The second-order valence-corrected chi connectivity index (χ2v) is 3.55. The van der Waals surface area contributed by atoms with Crippen LogP contribution in [0.3, 0.4) is 0 Å². The van der Waals surface area contributed by atoms with E-state index in [9.17, 15) is 4.79 Å². The van der Waals surface area contributed by atoms with Crippen molar-refractivity contribution in [3.05, 3.63) is 0 Å². The molecule has 0 bridgehead atoms. The van der Waals surface area contributed by atoms with Crippen LogP contribution in [0.15, 0.2) is 0 Å². The highest BCUT2D eigenvalue weighted by atomic mass is 32.2. The van der Waals surface area contributed by atoms with Gasteiger partial charge in [0.05, 0.1) is 0 Å². The van der Waals surface area contributed by atoms with Gasteiger partial charge in [-0.25, -0.2) is 4.79 Å². The van der Waals surface area contributed by atoms with Crippen LogP contribution in [0.4, 0.5) is 0 Å². The molecule has 0 heterocycles. The number of carbonyl (C=O) groups is 1. The van der Waals surface area contributed by atoms with Crippen molar-refractivity contribution < 1.29 is 8.98 Å². The summed E-state index contributed by atoms with van der Waals surface area (Å²) in [4.78, 5) is 10.9. The summed E-state index contributed by atoms with van der Waals surface area (Å²) in [6, 6.07) is -0.557. The standard InChI is InChI=1S/C7H11NO2S2/c1-3-12-10-7(9)6(8)4-5-11-2/h1,6H,4-5,8H2,2H3/t6-/m0/s1. The molecular formula is C7H11NO2S2. The first-order chi connectivity index (χ1) is 5.72. The first-order valence-electron chi connectivity index (χ1n) is 3.29. The fraction of sp³-hybridized carbons (Fsp3) is 0.571. The number of carbonyl (C=O) groups excluding carboxylic acids is 1. The van der Waals surface area contributed by atoms with Crippen LogP contribution in [-0.4, -0.2) is 24.0 Å². The molecule has 0 aromatic heterocycles. The van der Waals surface area contributed by atoms with Gasteiger partial charge in [0.15, 0.2) is 0 Å². The lowest BCUT2D eigenvalue weighted by Gasteiger charge is -2.06. The fourth-order valence-electron chi connectivity index (χ4n) is 0.490. The van der Waals surface area contributed by atoms with E-state index in [0.29, 0.717) is 18.5 Å². The second-order valence-electron chi connectivity index (χ2n) is 1.99. The summed E-state index contributed by atoms with van der Waals surface area (Å²) in [7, 11) is 0. The van der Waals surface area contributed by atoms with Gasteiger partial charge in [0.2, 0.25) is 0 Å². The topological polar surface area (TPSA) is 52.3 Å². The molecule has 0 fully saturated rings. The quantitative estimate of drug-likeness (QED) is 0.532. The predicted octanol–water partition coefficient (Wildman–Crippen LogP) is 0.849. The lowest BCUT2D eigenvalue weighted by Crippen LogP contribution is -2.31. The summed E-state index contributed by atoms with van der Waals surface area (Å²) >= 11 is 2.31. The van der Waals surface area contributed by atoms with Gasteiger partial charge in [0, 0.05) is 5.25 Å². The van der Waals surface area contributed by atoms with Crippen molar-refractivity contribution in [3.8, 4) is 11.7 Å². The molecule has 0 radical (unpaired) electrons. The van der Waals surface area contributed by atoms with E-state index in [2.05, 4.69) is 9.44 Å². The third-order valence-electron chi connectivity index (χ3n) is 1.11. The third kappa shape index (κ3) is 5.35. The number of rotatable bonds is 5. The SMILES string of the molecule is C#CSOC(=O)[C@@H](N)CCSC. The average molecular weight is 205 g/mol. The number of hydrogen-bond acceptors (Lipinski definition) is 5. The van der Waals surface area contributed by atoms with Crippen LogP contribution in [0.2, 0.25) is 0 Å². The Bertz CT molecular complexity index is 179. The minimum atomic E-state index is -0.557. The smallest absolute Gasteiger partial charge is 0.335 e. The Hall–Kier alpha value is -0.310. The van der Waals surface area contributed by atoms with E-state index in [1.807, 2.05) is 6.26 Å². The average Bonchev–Trinajstić information content (AvgIpc) is 2.10. The van der Waals surface area contributed by atoms with Crippen molar-refractivity contribution in [2.24, 2.45) is 5.73 Å². The zero-order valence-electron chi connectivity index (χ0n) is 6.78. The van der Waals surface area contributed by atoms with Gasteiger partial charge < -0.3 is 9.92 Å². The minimum absolute atomic E-state index is 0.452. The molecule has 0 amide bonds. The van der Waals surface area contributed by atoms with Crippen LogP contribution >= 0.6 is 23.8 Å². The van der Waals surface area contributed by atoms with Crippen LogP contribution in [0, 0.1) is 11.7 Å². The van der Waals surface area contributed by atoms with Gasteiger partial charge in [-0.1, -0.05) is 0 Å².